The molecule has 3 atom stereocenters. The highest BCUT2D eigenvalue weighted by atomic mass is 16.4. The maximum absolute atomic E-state index is 9.90. The molecule has 5 heteroatoms. The number of hydrogen-bond donors (Lipinski definition) is 4. The summed E-state index contributed by atoms with van der Waals surface area (Å²) in [5, 5.41) is 34.3. The zero-order valence-electron chi connectivity index (χ0n) is 6.14. The Kier molecular flexibility index (Phi) is 3.31. The van der Waals surface area contributed by atoms with Gasteiger partial charge in [-0.1, -0.05) is 0 Å². The summed E-state index contributed by atoms with van der Waals surface area (Å²) in [5.74, 6) is 0. The van der Waals surface area contributed by atoms with Gasteiger partial charge in [0.25, 0.3) is 0 Å². The molecule has 0 bridgehead atoms. The van der Waals surface area contributed by atoms with Crippen LogP contribution >= 0.6 is 0 Å². The molecule has 0 rings (SSSR count). The summed E-state index contributed by atoms with van der Waals surface area (Å²) in [6, 6.07) is 0. The molecular weight excluding hydrogens is 140 g/mol. The zero-order valence-corrected chi connectivity index (χ0v) is 5.14. The van der Waals surface area contributed by atoms with Crippen molar-refractivity contribution in [2.24, 2.45) is 0 Å². The molecule has 0 saturated heterocycles. The van der Waals surface area contributed by atoms with E-state index >= 15 is 0 Å². The molecule has 4 N–H and O–H groups in total. The van der Waals surface area contributed by atoms with Gasteiger partial charge >= 0.3 is 0 Å². The van der Waals surface area contributed by atoms with Gasteiger partial charge in [0.1, 0.15) is 18.3 Å². The van der Waals surface area contributed by atoms with Crippen LogP contribution in [0.1, 0.15) is 1.37 Å². The molecule has 0 saturated carbocycles. The van der Waals surface area contributed by atoms with Gasteiger partial charge in [-0.25, -0.2) is 0 Å². The first-order valence-corrected chi connectivity index (χ1v) is 2.61. The fraction of sp³-hybridized carbons (Fsp3) is 0.800. The minimum Gasteiger partial charge on any atom is -0.394 e. The molecule has 0 spiro atoms. The van der Waals surface area contributed by atoms with Crippen LogP contribution in [0.3, 0.4) is 0 Å². The molecule has 0 aromatic heterocycles. The zero-order chi connectivity index (χ0) is 9.07. The van der Waals surface area contributed by atoms with Crippen molar-refractivity contribution in [2.45, 2.75) is 18.3 Å². The van der Waals surface area contributed by atoms with Gasteiger partial charge in [-0.05, 0) is 0 Å². The third kappa shape index (κ3) is 2.40. The normalized spacial score (nSPS) is 24.2. The van der Waals surface area contributed by atoms with E-state index in [1.165, 1.54) is 0 Å². The maximum Gasteiger partial charge on any atom is 0.151 e. The van der Waals surface area contributed by atoms with Gasteiger partial charge in [0.2, 0.25) is 0 Å². The summed E-state index contributed by atoms with van der Waals surface area (Å²) in [7, 11) is 0. The number of hydrogen-bond acceptors (Lipinski definition) is 5. The second-order valence-corrected chi connectivity index (χ2v) is 1.74. The first-order chi connectivity index (χ1) is 4.95. The SMILES string of the molecule is [3H][C@](O)(C=O)[C@H](O)[C@H](O)CO. The van der Waals surface area contributed by atoms with Gasteiger partial charge in [-0.2, -0.15) is 0 Å². The topological polar surface area (TPSA) is 98.0 Å². The Morgan fingerprint density at radius 1 is 1.50 bits per heavy atom. The highest BCUT2D eigenvalue weighted by molar-refractivity contribution is 5.56. The molecule has 0 aromatic rings. The van der Waals surface area contributed by atoms with Crippen molar-refractivity contribution in [3.05, 3.63) is 0 Å². The van der Waals surface area contributed by atoms with Gasteiger partial charge in [-0.15, -0.1) is 0 Å². The van der Waals surface area contributed by atoms with Crippen LogP contribution in [0, 0.1) is 0 Å². The highest BCUT2D eigenvalue weighted by Gasteiger charge is 2.22. The average Bonchev–Trinajstić information content (AvgIpc) is 2.01. The lowest BCUT2D eigenvalue weighted by Gasteiger charge is -2.16. The quantitative estimate of drug-likeness (QED) is 0.328. The van der Waals surface area contributed by atoms with Gasteiger partial charge in [0.15, 0.2) is 6.29 Å². The lowest BCUT2D eigenvalue weighted by atomic mass is 10.1. The van der Waals surface area contributed by atoms with Gasteiger partial charge in [0, 0.05) is 0 Å². The van der Waals surface area contributed by atoms with Crippen LogP contribution in [0.5, 0.6) is 0 Å². The Labute approximate surface area is 58.9 Å². The molecule has 0 aliphatic rings. The number of aliphatic hydroxyl groups is 4. The average molecular weight is 152 g/mol. The van der Waals surface area contributed by atoms with E-state index in [2.05, 4.69) is 0 Å². The van der Waals surface area contributed by atoms with Gasteiger partial charge in [-0.3, -0.25) is 0 Å². The number of aliphatic hydroxyl groups excluding tert-OH is 3. The fourth-order valence-corrected chi connectivity index (χ4v) is 0.367. The molecule has 5 nitrogen and oxygen atoms in total. The van der Waals surface area contributed by atoms with Crippen molar-refractivity contribution in [1.82, 2.24) is 0 Å². The molecule has 0 fully saturated rings. The van der Waals surface area contributed by atoms with E-state index in [-0.39, 0.29) is 6.29 Å². The molecule has 10 heavy (non-hydrogen) atoms. The minimum atomic E-state index is -2.76. The van der Waals surface area contributed by atoms with E-state index in [1.807, 2.05) is 0 Å². The maximum atomic E-state index is 9.90. The molecular formula is C5H10O5. The Morgan fingerprint density at radius 2 is 2.00 bits per heavy atom. The van der Waals surface area contributed by atoms with Crippen molar-refractivity contribution < 1.29 is 26.6 Å². The van der Waals surface area contributed by atoms with Crippen LogP contribution < -0.4 is 0 Å². The van der Waals surface area contributed by atoms with Crippen molar-refractivity contribution >= 4 is 6.29 Å². The van der Waals surface area contributed by atoms with Crippen molar-refractivity contribution in [2.75, 3.05) is 6.61 Å². The Bertz CT molecular complexity index is 137. The van der Waals surface area contributed by atoms with Crippen LogP contribution in [0.2, 0.25) is 0 Å². The molecule has 0 radical (unpaired) electrons. The molecule has 0 heterocycles. The smallest absolute Gasteiger partial charge is 0.151 e. The van der Waals surface area contributed by atoms with E-state index in [4.69, 9.17) is 21.8 Å². The van der Waals surface area contributed by atoms with Crippen molar-refractivity contribution in [3.8, 4) is 0 Å². The van der Waals surface area contributed by atoms with Crippen LogP contribution in [0.4, 0.5) is 0 Å². The molecule has 60 valence electrons. The van der Waals surface area contributed by atoms with Gasteiger partial charge in [0.05, 0.1) is 7.98 Å². The molecule has 0 unspecified atom stereocenters. The summed E-state index contributed by atoms with van der Waals surface area (Å²) in [6.07, 6.45) is -6.67. The summed E-state index contributed by atoms with van der Waals surface area (Å²) in [5.41, 5.74) is 0. The molecule has 0 aliphatic heterocycles. The van der Waals surface area contributed by atoms with E-state index in [9.17, 15) is 4.79 Å². The third-order valence-electron chi connectivity index (χ3n) is 0.975. The molecule has 0 aliphatic carbocycles. The first kappa shape index (κ1) is 7.62. The Hall–Kier alpha value is -0.490. The summed E-state index contributed by atoms with van der Waals surface area (Å²) in [4.78, 5) is 9.90. The highest BCUT2D eigenvalue weighted by Crippen LogP contribution is 1.96. The predicted molar refractivity (Wildman–Crippen MR) is 31.2 cm³/mol. The van der Waals surface area contributed by atoms with Crippen LogP contribution in [-0.4, -0.2) is 51.6 Å². The minimum absolute atomic E-state index is 0.226. The van der Waals surface area contributed by atoms with Crippen LogP contribution in [-0.2, 0) is 4.79 Å². The predicted octanol–water partition coefficient (Wildman–Crippen LogP) is -2.74. The second-order valence-electron chi connectivity index (χ2n) is 1.74. The third-order valence-corrected chi connectivity index (χ3v) is 0.975. The van der Waals surface area contributed by atoms with E-state index in [0.29, 0.717) is 0 Å². The van der Waals surface area contributed by atoms with E-state index in [1.54, 1.807) is 0 Å². The molecule has 0 amide bonds. The van der Waals surface area contributed by atoms with Crippen LogP contribution in [0.25, 0.3) is 0 Å². The van der Waals surface area contributed by atoms with E-state index in [0.717, 1.165) is 0 Å². The number of rotatable bonds is 4. The fourth-order valence-electron chi connectivity index (χ4n) is 0.367. The van der Waals surface area contributed by atoms with E-state index < -0.39 is 24.9 Å². The Balaban J connectivity index is 4.21. The first-order valence-electron chi connectivity index (χ1n) is 3.11. The van der Waals surface area contributed by atoms with Crippen LogP contribution in [0.15, 0.2) is 0 Å². The summed E-state index contributed by atoms with van der Waals surface area (Å²) < 4.78 is 6.68. The molecule has 0 aromatic carbocycles. The largest absolute Gasteiger partial charge is 0.394 e. The Morgan fingerprint density at radius 3 is 2.30 bits per heavy atom. The number of carbonyl (C=O) groups is 1. The monoisotopic (exact) mass is 152 g/mol. The summed E-state index contributed by atoms with van der Waals surface area (Å²) in [6.45, 7) is -0.823. The van der Waals surface area contributed by atoms with Crippen molar-refractivity contribution in [1.29, 1.82) is 0 Å². The standard InChI is InChI=1S/C5H10O5/c6-1-3(8)5(10)4(9)2-7/h1,3-5,7-10H,2H2/t3-,4+,5-/m0/s1/i3T. The summed E-state index contributed by atoms with van der Waals surface area (Å²) >= 11 is 0. The number of aldehydes is 1. The lowest BCUT2D eigenvalue weighted by molar-refractivity contribution is -0.127. The van der Waals surface area contributed by atoms with Gasteiger partial charge < -0.3 is 25.2 Å². The van der Waals surface area contributed by atoms with Crippen molar-refractivity contribution in [3.63, 3.8) is 0 Å². The number of carbonyl (C=O) groups excluding carboxylic acids is 1. The lowest BCUT2D eigenvalue weighted by Crippen LogP contribution is -2.40. The second kappa shape index (κ2) is 4.35.